The van der Waals surface area contributed by atoms with Crippen LogP contribution in [0.25, 0.3) is 0 Å². The van der Waals surface area contributed by atoms with Gasteiger partial charge in [-0.25, -0.2) is 0 Å². The number of aliphatic hydroxyl groups excluding tert-OH is 1. The molecule has 1 aliphatic heterocycles. The van der Waals surface area contributed by atoms with Crippen LogP contribution in [0.15, 0.2) is 0 Å². The third kappa shape index (κ3) is 13.2. The van der Waals surface area contributed by atoms with Gasteiger partial charge >= 0.3 is 0 Å². The molecule has 1 aliphatic rings. The molecule has 0 spiro atoms. The number of likely N-dealkylation sites (tertiary alicyclic amines) is 1. The van der Waals surface area contributed by atoms with E-state index in [1.165, 1.54) is 103 Å². The minimum absolute atomic E-state index is 0.00417. The van der Waals surface area contributed by atoms with Gasteiger partial charge in [0.05, 0.1) is 12.8 Å². The third-order valence-electron chi connectivity index (χ3n) is 7.29. The maximum atomic E-state index is 10.2. The van der Waals surface area contributed by atoms with Crippen LogP contribution in [-0.2, 0) is 4.74 Å². The molecule has 0 saturated carbocycles. The fraction of sp³-hybridized carbons (Fsp3) is 1.00. The van der Waals surface area contributed by atoms with Crippen molar-refractivity contribution in [2.24, 2.45) is 0 Å². The smallest absolute Gasteiger partial charge is 0.0998 e. The highest BCUT2D eigenvalue weighted by Crippen LogP contribution is 2.38. The first-order valence-electron chi connectivity index (χ1n) is 13.8. The van der Waals surface area contributed by atoms with Crippen LogP contribution in [0.4, 0.5) is 0 Å². The van der Waals surface area contributed by atoms with Crippen LogP contribution in [-0.4, -0.2) is 40.5 Å². The molecule has 3 heteroatoms. The molecular formula is C28H57NO2. The van der Waals surface area contributed by atoms with E-state index in [0.29, 0.717) is 6.73 Å². The van der Waals surface area contributed by atoms with E-state index >= 15 is 0 Å². The van der Waals surface area contributed by atoms with E-state index in [1.807, 2.05) is 0 Å². The number of piperidine rings is 1. The predicted molar refractivity (Wildman–Crippen MR) is 136 cm³/mol. The largest absolute Gasteiger partial charge is 0.393 e. The Hall–Kier alpha value is -0.120. The number of nitrogens with zero attached hydrogens (tertiary/aromatic N) is 1. The molecule has 1 saturated heterocycles. The van der Waals surface area contributed by atoms with E-state index in [4.69, 9.17) is 4.74 Å². The van der Waals surface area contributed by atoms with Crippen molar-refractivity contribution in [2.45, 2.75) is 167 Å². The van der Waals surface area contributed by atoms with Crippen LogP contribution >= 0.6 is 0 Å². The highest BCUT2D eigenvalue weighted by molar-refractivity contribution is 4.99. The first-order valence-corrected chi connectivity index (χ1v) is 13.8. The number of rotatable bonds is 19. The van der Waals surface area contributed by atoms with E-state index in [0.717, 1.165) is 19.4 Å². The highest BCUT2D eigenvalue weighted by atomic mass is 16.5. The summed E-state index contributed by atoms with van der Waals surface area (Å²) < 4.78 is 6.04. The van der Waals surface area contributed by atoms with Crippen LogP contribution < -0.4 is 0 Å². The van der Waals surface area contributed by atoms with Crippen molar-refractivity contribution in [3.05, 3.63) is 0 Å². The summed E-state index contributed by atoms with van der Waals surface area (Å²) in [6.07, 6.45) is 23.9. The molecule has 186 valence electrons. The lowest BCUT2D eigenvalue weighted by Crippen LogP contribution is -2.62. The van der Waals surface area contributed by atoms with Crippen molar-refractivity contribution in [1.29, 1.82) is 0 Å². The number of unbranched alkanes of at least 4 members (excludes halogenated alkanes) is 15. The fourth-order valence-corrected chi connectivity index (χ4v) is 5.52. The maximum absolute atomic E-state index is 10.2. The Morgan fingerprint density at radius 2 is 1.00 bits per heavy atom. The van der Waals surface area contributed by atoms with Crippen LogP contribution in [0.2, 0.25) is 0 Å². The molecule has 0 atom stereocenters. The molecule has 1 heterocycles. The monoisotopic (exact) mass is 439 g/mol. The Bertz CT molecular complexity index is 403. The van der Waals surface area contributed by atoms with E-state index in [1.54, 1.807) is 0 Å². The summed E-state index contributed by atoms with van der Waals surface area (Å²) in [5.41, 5.74) is -0.00833. The SMILES string of the molecule is CCCCCCCCCCCCCCCCCCOCN1C(C)(C)CC(O)CC1(C)C. The molecule has 1 rings (SSSR count). The Labute approximate surface area is 195 Å². The lowest BCUT2D eigenvalue weighted by atomic mass is 9.79. The molecule has 1 N–H and O–H groups in total. The number of hydrogen-bond acceptors (Lipinski definition) is 3. The highest BCUT2D eigenvalue weighted by Gasteiger charge is 2.44. The van der Waals surface area contributed by atoms with E-state index < -0.39 is 0 Å². The minimum atomic E-state index is -0.193. The number of aliphatic hydroxyl groups is 1. The quantitative estimate of drug-likeness (QED) is 0.206. The Kier molecular flexibility index (Phi) is 15.4. The molecule has 0 aromatic rings. The predicted octanol–water partition coefficient (Wildman–Crippen LogP) is 8.24. The van der Waals surface area contributed by atoms with Gasteiger partial charge in [0.1, 0.15) is 0 Å². The molecule has 0 amide bonds. The van der Waals surface area contributed by atoms with Gasteiger partial charge in [-0.3, -0.25) is 4.90 Å². The van der Waals surface area contributed by atoms with Gasteiger partial charge in [-0.1, -0.05) is 103 Å². The molecule has 0 aromatic carbocycles. The average Bonchev–Trinajstić information content (AvgIpc) is 2.67. The zero-order valence-electron chi connectivity index (χ0n) is 22.0. The first kappa shape index (κ1) is 28.9. The van der Waals surface area contributed by atoms with Crippen molar-refractivity contribution in [3.63, 3.8) is 0 Å². The van der Waals surface area contributed by atoms with Gasteiger partial charge in [0.25, 0.3) is 0 Å². The van der Waals surface area contributed by atoms with Crippen LogP contribution in [0.1, 0.15) is 150 Å². The average molecular weight is 440 g/mol. The van der Waals surface area contributed by atoms with E-state index in [-0.39, 0.29) is 17.2 Å². The second-order valence-corrected chi connectivity index (χ2v) is 11.5. The van der Waals surface area contributed by atoms with Gasteiger partial charge in [0, 0.05) is 17.7 Å². The van der Waals surface area contributed by atoms with Crippen LogP contribution in [0, 0.1) is 0 Å². The molecule has 0 radical (unpaired) electrons. The Morgan fingerprint density at radius 1 is 0.645 bits per heavy atom. The lowest BCUT2D eigenvalue weighted by molar-refractivity contribution is -0.134. The topological polar surface area (TPSA) is 32.7 Å². The second kappa shape index (κ2) is 16.5. The van der Waals surface area contributed by atoms with Gasteiger partial charge in [-0.05, 0) is 47.0 Å². The Balaban J connectivity index is 1.88. The van der Waals surface area contributed by atoms with Crippen molar-refractivity contribution in [3.8, 4) is 0 Å². The second-order valence-electron chi connectivity index (χ2n) is 11.5. The Morgan fingerprint density at radius 3 is 1.39 bits per heavy atom. The summed E-state index contributed by atoms with van der Waals surface area (Å²) >= 11 is 0. The normalized spacial score (nSPS) is 19.2. The summed E-state index contributed by atoms with van der Waals surface area (Å²) in [6, 6.07) is 0. The van der Waals surface area contributed by atoms with Crippen LogP contribution in [0.5, 0.6) is 0 Å². The van der Waals surface area contributed by atoms with Crippen molar-refractivity contribution in [1.82, 2.24) is 4.90 Å². The van der Waals surface area contributed by atoms with Gasteiger partial charge in [-0.15, -0.1) is 0 Å². The van der Waals surface area contributed by atoms with Gasteiger partial charge < -0.3 is 9.84 Å². The minimum Gasteiger partial charge on any atom is -0.393 e. The first-order chi connectivity index (χ1) is 14.8. The summed E-state index contributed by atoms with van der Waals surface area (Å²) in [6.45, 7) is 12.8. The lowest BCUT2D eigenvalue weighted by Gasteiger charge is -2.54. The number of hydrogen-bond donors (Lipinski definition) is 1. The molecule has 0 aromatic heterocycles. The molecule has 31 heavy (non-hydrogen) atoms. The molecule has 3 nitrogen and oxygen atoms in total. The van der Waals surface area contributed by atoms with Crippen LogP contribution in [0.3, 0.4) is 0 Å². The zero-order valence-corrected chi connectivity index (χ0v) is 22.0. The van der Waals surface area contributed by atoms with Crippen molar-refractivity contribution < 1.29 is 9.84 Å². The summed E-state index contributed by atoms with van der Waals surface area (Å²) in [7, 11) is 0. The third-order valence-corrected chi connectivity index (χ3v) is 7.29. The fourth-order valence-electron chi connectivity index (χ4n) is 5.52. The number of ether oxygens (including phenoxy) is 1. The summed E-state index contributed by atoms with van der Waals surface area (Å²) in [5, 5.41) is 10.2. The van der Waals surface area contributed by atoms with Gasteiger partial charge in [0.15, 0.2) is 0 Å². The molecule has 1 fully saturated rings. The maximum Gasteiger partial charge on any atom is 0.0998 e. The molecule has 0 aliphatic carbocycles. The van der Waals surface area contributed by atoms with Crippen molar-refractivity contribution in [2.75, 3.05) is 13.3 Å². The van der Waals surface area contributed by atoms with E-state index in [2.05, 4.69) is 39.5 Å². The summed E-state index contributed by atoms with van der Waals surface area (Å²) in [4.78, 5) is 2.44. The van der Waals surface area contributed by atoms with Gasteiger partial charge in [0.2, 0.25) is 0 Å². The molecular weight excluding hydrogens is 382 g/mol. The molecule has 0 bridgehead atoms. The molecule has 0 unspecified atom stereocenters. The van der Waals surface area contributed by atoms with Gasteiger partial charge in [-0.2, -0.15) is 0 Å². The standard InChI is InChI=1S/C28H57NO2/c1-6-7-8-9-10-11-12-13-14-15-16-17-18-19-20-21-22-31-25-29-27(2,3)23-26(30)24-28(29,4)5/h26,30H,6-25H2,1-5H3. The summed E-state index contributed by atoms with van der Waals surface area (Å²) in [5.74, 6) is 0. The van der Waals surface area contributed by atoms with Crippen molar-refractivity contribution >= 4 is 0 Å². The van der Waals surface area contributed by atoms with E-state index in [9.17, 15) is 5.11 Å². The zero-order chi connectivity index (χ0) is 23.0.